The molecule has 12 heavy (non-hydrogen) atoms. The first-order valence-electron chi connectivity index (χ1n) is 4.72. The van der Waals surface area contributed by atoms with Gasteiger partial charge >= 0.3 is 0 Å². The largest absolute Gasteiger partial charge is 0.381 e. The van der Waals surface area contributed by atoms with Crippen LogP contribution in [0.2, 0.25) is 0 Å². The smallest absolute Gasteiger partial charge is 0.0495 e. The Morgan fingerprint density at radius 2 is 2.58 bits per heavy atom. The predicted octanol–water partition coefficient (Wildman–Crippen LogP) is 1.58. The van der Waals surface area contributed by atoms with E-state index in [0.717, 1.165) is 25.6 Å². The summed E-state index contributed by atoms with van der Waals surface area (Å²) in [4.78, 5) is 0. The normalized spacial score (nSPS) is 25.6. The second-order valence-corrected chi connectivity index (χ2v) is 3.48. The molecular weight excluding hydrogens is 150 g/mol. The zero-order valence-electron chi connectivity index (χ0n) is 7.88. The van der Waals surface area contributed by atoms with Gasteiger partial charge in [0.2, 0.25) is 0 Å². The van der Waals surface area contributed by atoms with E-state index in [1.807, 2.05) is 13.1 Å². The highest BCUT2D eigenvalue weighted by molar-refractivity contribution is 4.80. The molecule has 1 aliphatic rings. The minimum atomic E-state index is 0.592. The molecule has 70 valence electrons. The fourth-order valence-electron chi connectivity index (χ4n) is 1.70. The molecule has 0 radical (unpaired) electrons. The maximum Gasteiger partial charge on any atom is 0.0495 e. The van der Waals surface area contributed by atoms with Crippen LogP contribution in [0, 0.1) is 5.92 Å². The Kier molecular flexibility index (Phi) is 4.33. The van der Waals surface area contributed by atoms with Crippen LogP contribution in [0.15, 0.2) is 12.7 Å². The van der Waals surface area contributed by atoms with E-state index in [1.165, 1.54) is 12.8 Å². The van der Waals surface area contributed by atoms with Crippen LogP contribution in [0.25, 0.3) is 0 Å². The van der Waals surface area contributed by atoms with Crippen LogP contribution in [-0.2, 0) is 4.74 Å². The minimum Gasteiger partial charge on any atom is -0.381 e. The quantitative estimate of drug-likeness (QED) is 0.631. The fourth-order valence-corrected chi connectivity index (χ4v) is 1.70. The van der Waals surface area contributed by atoms with E-state index in [-0.39, 0.29) is 0 Å². The Morgan fingerprint density at radius 1 is 1.75 bits per heavy atom. The molecule has 2 atom stereocenters. The zero-order valence-corrected chi connectivity index (χ0v) is 7.88. The molecule has 0 aromatic heterocycles. The number of rotatable bonds is 5. The molecule has 0 aromatic carbocycles. The SMILES string of the molecule is C=CCC(CC1CCOC1)NC. The second-order valence-electron chi connectivity index (χ2n) is 3.48. The lowest BCUT2D eigenvalue weighted by molar-refractivity contribution is 0.181. The van der Waals surface area contributed by atoms with Crippen molar-refractivity contribution in [2.24, 2.45) is 5.92 Å². The van der Waals surface area contributed by atoms with Crippen LogP contribution in [0.4, 0.5) is 0 Å². The summed E-state index contributed by atoms with van der Waals surface area (Å²) in [6, 6.07) is 0.592. The minimum absolute atomic E-state index is 0.592. The number of nitrogens with one attached hydrogen (secondary N) is 1. The lowest BCUT2D eigenvalue weighted by Gasteiger charge is -2.17. The maximum atomic E-state index is 5.33. The molecule has 1 aliphatic heterocycles. The molecule has 2 unspecified atom stereocenters. The Morgan fingerprint density at radius 3 is 3.08 bits per heavy atom. The van der Waals surface area contributed by atoms with Gasteiger partial charge in [-0.1, -0.05) is 6.08 Å². The lowest BCUT2D eigenvalue weighted by Crippen LogP contribution is -2.27. The van der Waals surface area contributed by atoms with Gasteiger partial charge < -0.3 is 10.1 Å². The van der Waals surface area contributed by atoms with Gasteiger partial charge in [0.15, 0.2) is 0 Å². The van der Waals surface area contributed by atoms with Crippen molar-refractivity contribution in [3.8, 4) is 0 Å². The summed E-state index contributed by atoms with van der Waals surface area (Å²) < 4.78 is 5.33. The van der Waals surface area contributed by atoms with Gasteiger partial charge in [0.1, 0.15) is 0 Å². The van der Waals surface area contributed by atoms with Crippen molar-refractivity contribution in [2.45, 2.75) is 25.3 Å². The first-order chi connectivity index (χ1) is 5.86. The highest BCUT2D eigenvalue weighted by Gasteiger charge is 2.18. The van der Waals surface area contributed by atoms with Crippen molar-refractivity contribution in [2.75, 3.05) is 20.3 Å². The summed E-state index contributed by atoms with van der Waals surface area (Å²) in [5.41, 5.74) is 0. The Labute approximate surface area is 75.0 Å². The summed E-state index contributed by atoms with van der Waals surface area (Å²) in [6.07, 6.45) is 5.50. The van der Waals surface area contributed by atoms with E-state index < -0.39 is 0 Å². The standard InChI is InChI=1S/C10H19NO/c1-3-4-10(11-2)7-9-5-6-12-8-9/h3,9-11H,1,4-8H2,2H3. The first kappa shape index (κ1) is 9.75. The molecule has 0 spiro atoms. The van der Waals surface area contributed by atoms with Gasteiger partial charge in [0, 0.05) is 19.3 Å². The third-order valence-electron chi connectivity index (χ3n) is 2.50. The summed E-state index contributed by atoms with van der Waals surface area (Å²) in [7, 11) is 2.02. The van der Waals surface area contributed by atoms with E-state index >= 15 is 0 Å². The fraction of sp³-hybridized carbons (Fsp3) is 0.800. The summed E-state index contributed by atoms with van der Waals surface area (Å²) in [6.45, 7) is 5.66. The number of hydrogen-bond acceptors (Lipinski definition) is 2. The van der Waals surface area contributed by atoms with Gasteiger partial charge in [-0.3, -0.25) is 0 Å². The van der Waals surface area contributed by atoms with Gasteiger partial charge in [0.05, 0.1) is 0 Å². The topological polar surface area (TPSA) is 21.3 Å². The monoisotopic (exact) mass is 169 g/mol. The number of hydrogen-bond donors (Lipinski definition) is 1. The molecule has 0 aliphatic carbocycles. The molecule has 2 heteroatoms. The van der Waals surface area contributed by atoms with Crippen LogP contribution in [0.3, 0.4) is 0 Å². The van der Waals surface area contributed by atoms with Crippen molar-refractivity contribution in [1.82, 2.24) is 5.32 Å². The molecule has 0 saturated carbocycles. The molecule has 1 fully saturated rings. The zero-order chi connectivity index (χ0) is 8.81. The van der Waals surface area contributed by atoms with E-state index in [0.29, 0.717) is 6.04 Å². The van der Waals surface area contributed by atoms with Gasteiger partial charge in [-0.05, 0) is 32.2 Å². The molecule has 1 heterocycles. The molecule has 1 N–H and O–H groups in total. The van der Waals surface area contributed by atoms with E-state index in [2.05, 4.69) is 11.9 Å². The van der Waals surface area contributed by atoms with Crippen LogP contribution in [0.1, 0.15) is 19.3 Å². The lowest BCUT2D eigenvalue weighted by atomic mass is 9.97. The van der Waals surface area contributed by atoms with Gasteiger partial charge in [-0.2, -0.15) is 0 Å². The third kappa shape index (κ3) is 2.95. The van der Waals surface area contributed by atoms with Crippen molar-refractivity contribution in [1.29, 1.82) is 0 Å². The highest BCUT2D eigenvalue weighted by Crippen LogP contribution is 2.19. The van der Waals surface area contributed by atoms with Crippen LogP contribution < -0.4 is 5.32 Å². The summed E-state index contributed by atoms with van der Waals surface area (Å²) >= 11 is 0. The second kappa shape index (κ2) is 5.33. The van der Waals surface area contributed by atoms with Crippen LogP contribution in [0.5, 0.6) is 0 Å². The first-order valence-corrected chi connectivity index (χ1v) is 4.72. The number of ether oxygens (including phenoxy) is 1. The highest BCUT2D eigenvalue weighted by atomic mass is 16.5. The predicted molar refractivity (Wildman–Crippen MR) is 51.2 cm³/mol. The van der Waals surface area contributed by atoms with Crippen molar-refractivity contribution in [3.05, 3.63) is 12.7 Å². The molecule has 0 bridgehead atoms. The Balaban J connectivity index is 2.20. The van der Waals surface area contributed by atoms with Crippen molar-refractivity contribution >= 4 is 0 Å². The van der Waals surface area contributed by atoms with Crippen molar-refractivity contribution in [3.63, 3.8) is 0 Å². The molecule has 1 saturated heterocycles. The van der Waals surface area contributed by atoms with E-state index in [1.54, 1.807) is 0 Å². The third-order valence-corrected chi connectivity index (χ3v) is 2.50. The Hall–Kier alpha value is -0.340. The van der Waals surface area contributed by atoms with Gasteiger partial charge in [0.25, 0.3) is 0 Å². The maximum absolute atomic E-state index is 5.33. The van der Waals surface area contributed by atoms with Crippen LogP contribution in [-0.4, -0.2) is 26.3 Å². The summed E-state index contributed by atoms with van der Waals surface area (Å²) in [5.74, 6) is 0.766. The average molecular weight is 169 g/mol. The molecular formula is C10H19NO. The molecule has 0 aromatic rings. The average Bonchev–Trinajstić information content (AvgIpc) is 2.56. The molecule has 1 rings (SSSR count). The van der Waals surface area contributed by atoms with Gasteiger partial charge in [-0.25, -0.2) is 0 Å². The molecule has 2 nitrogen and oxygen atoms in total. The Bertz CT molecular complexity index is 130. The van der Waals surface area contributed by atoms with Crippen LogP contribution >= 0.6 is 0 Å². The molecule has 0 amide bonds. The van der Waals surface area contributed by atoms with E-state index in [4.69, 9.17) is 4.74 Å². The van der Waals surface area contributed by atoms with Crippen molar-refractivity contribution < 1.29 is 4.74 Å². The van der Waals surface area contributed by atoms with E-state index in [9.17, 15) is 0 Å². The summed E-state index contributed by atoms with van der Waals surface area (Å²) in [5, 5.41) is 3.30. The van der Waals surface area contributed by atoms with Gasteiger partial charge in [-0.15, -0.1) is 6.58 Å².